The Morgan fingerprint density at radius 2 is 1.95 bits per heavy atom. The minimum absolute atomic E-state index is 0.113. The third-order valence-electron chi connectivity index (χ3n) is 4.54. The first-order valence-corrected chi connectivity index (χ1v) is 7.44. The van der Waals surface area contributed by atoms with Crippen LogP contribution >= 0.6 is 0 Å². The number of hydrogen-bond donors (Lipinski definition) is 0. The maximum absolute atomic E-state index is 6.03. The molecule has 3 saturated heterocycles. The van der Waals surface area contributed by atoms with Gasteiger partial charge >= 0.3 is 0 Å². The average molecular weight is 275 g/mol. The van der Waals surface area contributed by atoms with Gasteiger partial charge in [-0.15, -0.1) is 0 Å². The van der Waals surface area contributed by atoms with Crippen LogP contribution in [0.3, 0.4) is 0 Å². The molecule has 108 valence electrons. The molecular weight excluding hydrogens is 254 g/mol. The highest BCUT2D eigenvalue weighted by Gasteiger charge is 2.52. The second-order valence-electron chi connectivity index (χ2n) is 6.42. The van der Waals surface area contributed by atoms with Crippen molar-refractivity contribution in [2.45, 2.75) is 56.8 Å². The van der Waals surface area contributed by atoms with Gasteiger partial charge in [-0.05, 0) is 32.3 Å². The van der Waals surface area contributed by atoms with E-state index in [1.807, 2.05) is 13.8 Å². The molecule has 3 aliphatic rings. The minimum atomic E-state index is -0.462. The van der Waals surface area contributed by atoms with Gasteiger partial charge in [0.15, 0.2) is 5.79 Å². The molecule has 4 rings (SSSR count). The highest BCUT2D eigenvalue weighted by Crippen LogP contribution is 2.46. The number of benzene rings is 1. The molecule has 0 aliphatic carbocycles. The van der Waals surface area contributed by atoms with E-state index in [0.717, 1.165) is 12.8 Å². The first-order valence-electron chi connectivity index (χ1n) is 7.44. The summed E-state index contributed by atoms with van der Waals surface area (Å²) in [6, 6.07) is 11.3. The topological polar surface area (TPSA) is 30.9 Å². The predicted molar refractivity (Wildman–Crippen MR) is 73.8 cm³/mol. The Kier molecular flexibility index (Phi) is 2.89. The maximum atomic E-state index is 6.03. The smallest absolute Gasteiger partial charge is 0.163 e. The first-order chi connectivity index (χ1) is 9.62. The molecule has 3 fully saturated rings. The second-order valence-corrected chi connectivity index (χ2v) is 6.42. The monoisotopic (exact) mass is 275 g/mol. The van der Waals surface area contributed by atoms with Gasteiger partial charge in [0.2, 0.25) is 0 Å². The number of ether oxygens (including phenoxy) is 2. The van der Waals surface area contributed by atoms with Crippen LogP contribution in [0.5, 0.6) is 0 Å². The van der Waals surface area contributed by atoms with Crippen molar-refractivity contribution in [3.8, 4) is 0 Å². The molecule has 4 heteroatoms. The van der Waals surface area contributed by atoms with Crippen molar-refractivity contribution in [2.75, 3.05) is 6.61 Å². The Morgan fingerprint density at radius 3 is 2.60 bits per heavy atom. The summed E-state index contributed by atoms with van der Waals surface area (Å²) in [5, 5.41) is 2.16. The Hall–Kier alpha value is -0.940. The highest BCUT2D eigenvalue weighted by molar-refractivity contribution is 5.21. The quantitative estimate of drug-likeness (QED) is 0.830. The molecule has 1 unspecified atom stereocenters. The molecule has 2 bridgehead atoms. The Morgan fingerprint density at radius 1 is 1.15 bits per heavy atom. The fraction of sp³-hybridized carbons (Fsp3) is 0.625. The molecule has 1 aromatic rings. The summed E-state index contributed by atoms with van der Waals surface area (Å²) in [6.45, 7) is 4.61. The van der Waals surface area contributed by atoms with Gasteiger partial charge in [0, 0.05) is 0 Å². The van der Waals surface area contributed by atoms with Crippen molar-refractivity contribution in [2.24, 2.45) is 0 Å². The molecule has 5 atom stereocenters. The summed E-state index contributed by atoms with van der Waals surface area (Å²) in [5.41, 5.74) is 1.33. The van der Waals surface area contributed by atoms with Gasteiger partial charge in [0.05, 0.1) is 24.8 Å². The fourth-order valence-electron chi connectivity index (χ4n) is 3.64. The molecule has 0 radical (unpaired) electrons. The van der Waals surface area contributed by atoms with Crippen molar-refractivity contribution in [3.05, 3.63) is 35.9 Å². The lowest BCUT2D eigenvalue weighted by atomic mass is 9.91. The maximum Gasteiger partial charge on any atom is 0.163 e. The van der Waals surface area contributed by atoms with Gasteiger partial charge in [-0.2, -0.15) is 5.06 Å². The second kappa shape index (κ2) is 4.53. The molecule has 1 aromatic carbocycles. The number of nitrogens with zero attached hydrogens (tertiary/aromatic N) is 1. The zero-order valence-corrected chi connectivity index (χ0v) is 12.0. The van der Waals surface area contributed by atoms with E-state index in [1.165, 1.54) is 5.56 Å². The summed E-state index contributed by atoms with van der Waals surface area (Å²) in [7, 11) is 0. The molecule has 0 amide bonds. The molecule has 0 spiro atoms. The molecule has 0 saturated carbocycles. The van der Waals surface area contributed by atoms with Crippen LogP contribution in [-0.4, -0.2) is 35.7 Å². The van der Waals surface area contributed by atoms with E-state index in [-0.39, 0.29) is 6.10 Å². The summed E-state index contributed by atoms with van der Waals surface area (Å²) in [4.78, 5) is 6.03. The Labute approximate surface area is 119 Å². The molecule has 20 heavy (non-hydrogen) atoms. The van der Waals surface area contributed by atoms with Crippen molar-refractivity contribution >= 4 is 0 Å². The van der Waals surface area contributed by atoms with E-state index in [1.54, 1.807) is 0 Å². The van der Waals surface area contributed by atoms with Crippen LogP contribution in [0.4, 0.5) is 0 Å². The van der Waals surface area contributed by atoms with Gasteiger partial charge in [0.1, 0.15) is 6.10 Å². The molecule has 3 aliphatic heterocycles. The lowest BCUT2D eigenvalue weighted by Crippen LogP contribution is -2.43. The normalized spacial score (nSPS) is 42.2. The minimum Gasteiger partial charge on any atom is -0.348 e. The summed E-state index contributed by atoms with van der Waals surface area (Å²) in [6.07, 6.45) is 2.57. The van der Waals surface area contributed by atoms with Crippen LogP contribution in [-0.2, 0) is 14.3 Å². The van der Waals surface area contributed by atoms with Crippen LogP contribution < -0.4 is 0 Å². The number of rotatable bonds is 2. The van der Waals surface area contributed by atoms with E-state index >= 15 is 0 Å². The number of fused-ring (bicyclic) bond motifs is 2. The van der Waals surface area contributed by atoms with Crippen LogP contribution in [0.1, 0.15) is 38.3 Å². The molecular formula is C16H21NO3. The number of piperidine rings is 1. The lowest BCUT2D eigenvalue weighted by Gasteiger charge is -2.32. The predicted octanol–water partition coefficient (Wildman–Crippen LogP) is 2.66. The van der Waals surface area contributed by atoms with Crippen LogP contribution in [0.25, 0.3) is 0 Å². The average Bonchev–Trinajstić information content (AvgIpc) is 3.12. The van der Waals surface area contributed by atoms with Gasteiger partial charge in [-0.25, -0.2) is 0 Å². The summed E-state index contributed by atoms with van der Waals surface area (Å²) >= 11 is 0. The molecule has 3 heterocycles. The van der Waals surface area contributed by atoms with Crippen LogP contribution in [0.15, 0.2) is 30.3 Å². The zero-order chi connectivity index (χ0) is 13.7. The van der Waals surface area contributed by atoms with Crippen molar-refractivity contribution < 1.29 is 14.3 Å². The summed E-state index contributed by atoms with van der Waals surface area (Å²) < 4.78 is 11.7. The highest BCUT2D eigenvalue weighted by atomic mass is 16.8. The molecule has 0 aromatic heterocycles. The van der Waals surface area contributed by atoms with E-state index in [2.05, 4.69) is 35.4 Å². The standard InChI is InChI=1S/C16H21NO3/c1-16(2)18-10-15(19-16)14-9-12-8-13(17(14)20-12)11-6-4-3-5-7-11/h3-7,12-15H,8-10H2,1-2H3/t12-,13-,14-,15+/m0/s1. The van der Waals surface area contributed by atoms with Crippen LogP contribution in [0, 0.1) is 0 Å². The van der Waals surface area contributed by atoms with E-state index in [9.17, 15) is 0 Å². The Balaban J connectivity index is 1.54. The number of hydroxylamine groups is 2. The van der Waals surface area contributed by atoms with E-state index in [4.69, 9.17) is 14.3 Å². The van der Waals surface area contributed by atoms with E-state index < -0.39 is 5.79 Å². The van der Waals surface area contributed by atoms with Crippen molar-refractivity contribution in [1.29, 1.82) is 0 Å². The van der Waals surface area contributed by atoms with E-state index in [0.29, 0.717) is 24.8 Å². The first kappa shape index (κ1) is 12.8. The van der Waals surface area contributed by atoms with Crippen molar-refractivity contribution in [3.63, 3.8) is 0 Å². The van der Waals surface area contributed by atoms with Crippen molar-refractivity contribution in [1.82, 2.24) is 5.06 Å². The van der Waals surface area contributed by atoms with Gasteiger partial charge in [-0.1, -0.05) is 30.3 Å². The largest absolute Gasteiger partial charge is 0.348 e. The lowest BCUT2D eigenvalue weighted by molar-refractivity contribution is -0.178. The molecule has 0 N–H and O–H groups in total. The third-order valence-corrected chi connectivity index (χ3v) is 4.54. The summed E-state index contributed by atoms with van der Waals surface area (Å²) in [5.74, 6) is -0.462. The number of hydrogen-bond acceptors (Lipinski definition) is 4. The fourth-order valence-corrected chi connectivity index (χ4v) is 3.64. The molecule has 4 nitrogen and oxygen atoms in total. The SMILES string of the molecule is CC1(C)OC[C@H]([C@@H]2C[C@@H]3C[C@@H](c4ccccc4)N2O3)O1. The third kappa shape index (κ3) is 2.07. The van der Waals surface area contributed by atoms with Gasteiger partial charge < -0.3 is 9.47 Å². The zero-order valence-electron chi connectivity index (χ0n) is 12.0. The van der Waals surface area contributed by atoms with Gasteiger partial charge in [-0.3, -0.25) is 4.84 Å². The van der Waals surface area contributed by atoms with Crippen LogP contribution in [0.2, 0.25) is 0 Å². The Bertz CT molecular complexity index is 490. The van der Waals surface area contributed by atoms with Gasteiger partial charge in [0.25, 0.3) is 0 Å².